The molecule has 0 amide bonds. The zero-order chi connectivity index (χ0) is 15.0. The molecule has 1 atom stereocenters. The van der Waals surface area contributed by atoms with Gasteiger partial charge in [0.2, 0.25) is 0 Å². The monoisotopic (exact) mass is 305 g/mol. The van der Waals surface area contributed by atoms with E-state index in [4.69, 9.17) is 16.6 Å². The molecule has 1 saturated carbocycles. The number of nitrogens with zero attached hydrogens (tertiary/aromatic N) is 3. The molecule has 4 heteroatoms. The van der Waals surface area contributed by atoms with Crippen LogP contribution in [0.4, 0.5) is 0 Å². The summed E-state index contributed by atoms with van der Waals surface area (Å²) in [6.07, 6.45) is 3.52. The van der Waals surface area contributed by atoms with E-state index in [-0.39, 0.29) is 0 Å². The van der Waals surface area contributed by atoms with Crippen LogP contribution >= 0.6 is 11.6 Å². The maximum absolute atomic E-state index is 5.97. The molecule has 1 heterocycles. The predicted molar refractivity (Wildman–Crippen MR) is 89.1 cm³/mol. The van der Waals surface area contributed by atoms with Gasteiger partial charge in [-0.15, -0.1) is 11.6 Å². The number of aryl methyl sites for hydroxylation is 2. The van der Waals surface area contributed by atoms with Crippen LogP contribution in [0.5, 0.6) is 0 Å². The summed E-state index contributed by atoms with van der Waals surface area (Å²) in [7, 11) is 2.25. The Kier molecular flexibility index (Phi) is 4.23. The number of imidazole rings is 1. The number of hydrogen-bond acceptors (Lipinski definition) is 2. The summed E-state index contributed by atoms with van der Waals surface area (Å²) in [6, 6.07) is 7.65. The Hall–Kier alpha value is -1.06. The lowest BCUT2D eigenvalue weighted by Crippen LogP contribution is -2.35. The summed E-state index contributed by atoms with van der Waals surface area (Å²) in [6.45, 7) is 5.47. The molecule has 2 aromatic rings. The minimum Gasteiger partial charge on any atom is -0.326 e. The first-order valence-electron chi connectivity index (χ1n) is 7.84. The molecule has 1 aliphatic carbocycles. The summed E-state index contributed by atoms with van der Waals surface area (Å²) in [4.78, 5) is 7.30. The van der Waals surface area contributed by atoms with Crippen molar-refractivity contribution in [2.75, 3.05) is 12.9 Å². The minimum atomic E-state index is 0.517. The number of hydrogen-bond donors (Lipinski definition) is 0. The molecule has 0 aliphatic heterocycles. The van der Waals surface area contributed by atoms with Crippen molar-refractivity contribution in [3.05, 3.63) is 29.6 Å². The number of halogens is 1. The van der Waals surface area contributed by atoms with Crippen LogP contribution in [-0.4, -0.2) is 39.5 Å². The first-order chi connectivity index (χ1) is 10.1. The Morgan fingerprint density at radius 2 is 2.19 bits per heavy atom. The van der Waals surface area contributed by atoms with E-state index < -0.39 is 0 Å². The molecule has 0 spiro atoms. The Balaban J connectivity index is 1.96. The van der Waals surface area contributed by atoms with E-state index in [1.54, 1.807) is 0 Å². The molecule has 0 saturated heterocycles. The van der Waals surface area contributed by atoms with Crippen LogP contribution in [-0.2, 0) is 13.0 Å². The quantitative estimate of drug-likeness (QED) is 0.760. The topological polar surface area (TPSA) is 21.1 Å². The highest BCUT2D eigenvalue weighted by Gasteiger charge is 2.29. The highest BCUT2D eigenvalue weighted by atomic mass is 35.5. The number of likely N-dealkylation sites (N-methyl/N-ethyl adjacent to an activating group) is 1. The molecule has 0 bridgehead atoms. The second-order valence-corrected chi connectivity index (χ2v) is 6.64. The fourth-order valence-corrected chi connectivity index (χ4v) is 3.29. The Morgan fingerprint density at radius 3 is 2.86 bits per heavy atom. The third kappa shape index (κ3) is 2.95. The van der Waals surface area contributed by atoms with E-state index in [9.17, 15) is 0 Å². The average Bonchev–Trinajstić information content (AvgIpc) is 3.24. The van der Waals surface area contributed by atoms with Crippen LogP contribution in [0, 0.1) is 6.92 Å². The molecule has 1 fully saturated rings. The van der Waals surface area contributed by atoms with Gasteiger partial charge in [-0.05, 0) is 45.4 Å². The molecule has 1 aromatic carbocycles. The van der Waals surface area contributed by atoms with E-state index in [1.807, 2.05) is 0 Å². The Bertz CT molecular complexity index is 630. The molecule has 0 N–H and O–H groups in total. The van der Waals surface area contributed by atoms with Crippen molar-refractivity contribution < 1.29 is 0 Å². The SMILES string of the molecule is Cc1cccc2nc(CCCl)n(CC(C)N(C)C3CC3)c12. The molecule has 3 rings (SSSR count). The van der Waals surface area contributed by atoms with Crippen LogP contribution in [0.2, 0.25) is 0 Å². The van der Waals surface area contributed by atoms with E-state index in [2.05, 4.69) is 48.6 Å². The third-order valence-electron chi connectivity index (χ3n) is 4.63. The average molecular weight is 306 g/mol. The van der Waals surface area contributed by atoms with Gasteiger partial charge < -0.3 is 4.57 Å². The van der Waals surface area contributed by atoms with Crippen molar-refractivity contribution in [3.8, 4) is 0 Å². The smallest absolute Gasteiger partial charge is 0.111 e. The van der Waals surface area contributed by atoms with Crippen molar-refractivity contribution >= 4 is 22.6 Å². The fourth-order valence-electron chi connectivity index (χ4n) is 3.12. The number of rotatable bonds is 6. The lowest BCUT2D eigenvalue weighted by atomic mass is 10.2. The molecule has 114 valence electrons. The van der Waals surface area contributed by atoms with Gasteiger partial charge in [-0.3, -0.25) is 4.90 Å². The van der Waals surface area contributed by atoms with Crippen molar-refractivity contribution in [3.63, 3.8) is 0 Å². The van der Waals surface area contributed by atoms with E-state index in [0.29, 0.717) is 11.9 Å². The zero-order valence-electron chi connectivity index (χ0n) is 13.1. The molecule has 1 aromatic heterocycles. The minimum absolute atomic E-state index is 0.517. The number of alkyl halides is 1. The maximum Gasteiger partial charge on any atom is 0.111 e. The van der Waals surface area contributed by atoms with Gasteiger partial charge in [-0.2, -0.15) is 0 Å². The number of aromatic nitrogens is 2. The van der Waals surface area contributed by atoms with Crippen LogP contribution < -0.4 is 0 Å². The summed E-state index contributed by atoms with van der Waals surface area (Å²) in [5.41, 5.74) is 3.66. The van der Waals surface area contributed by atoms with Gasteiger partial charge in [0.05, 0.1) is 11.0 Å². The van der Waals surface area contributed by atoms with Crippen LogP contribution in [0.15, 0.2) is 18.2 Å². The van der Waals surface area contributed by atoms with Gasteiger partial charge in [0.25, 0.3) is 0 Å². The summed E-state index contributed by atoms with van der Waals surface area (Å²) < 4.78 is 2.39. The van der Waals surface area contributed by atoms with Crippen molar-refractivity contribution in [2.45, 2.75) is 51.7 Å². The predicted octanol–water partition coefficient (Wildman–Crippen LogP) is 3.61. The molecule has 0 radical (unpaired) electrons. The summed E-state index contributed by atoms with van der Waals surface area (Å²) in [5, 5.41) is 0. The van der Waals surface area contributed by atoms with Crippen LogP contribution in [0.3, 0.4) is 0 Å². The van der Waals surface area contributed by atoms with E-state index in [1.165, 1.54) is 23.9 Å². The highest BCUT2D eigenvalue weighted by Crippen LogP contribution is 2.28. The molecular weight excluding hydrogens is 282 g/mol. The number of fused-ring (bicyclic) bond motifs is 1. The van der Waals surface area contributed by atoms with Crippen molar-refractivity contribution in [2.24, 2.45) is 0 Å². The van der Waals surface area contributed by atoms with Gasteiger partial charge >= 0.3 is 0 Å². The number of benzene rings is 1. The molecule has 3 nitrogen and oxygen atoms in total. The first-order valence-corrected chi connectivity index (χ1v) is 8.38. The number of para-hydroxylation sites is 1. The van der Waals surface area contributed by atoms with Crippen LogP contribution in [0.1, 0.15) is 31.2 Å². The van der Waals surface area contributed by atoms with Gasteiger partial charge in [0, 0.05) is 30.9 Å². The normalized spacial score (nSPS) is 16.8. The molecular formula is C17H24ClN3. The second kappa shape index (κ2) is 5.98. The fraction of sp³-hybridized carbons (Fsp3) is 0.588. The van der Waals surface area contributed by atoms with Crippen molar-refractivity contribution in [1.29, 1.82) is 0 Å². The van der Waals surface area contributed by atoms with Gasteiger partial charge in [-0.1, -0.05) is 12.1 Å². The highest BCUT2D eigenvalue weighted by molar-refractivity contribution is 6.17. The zero-order valence-corrected chi connectivity index (χ0v) is 13.9. The molecule has 21 heavy (non-hydrogen) atoms. The van der Waals surface area contributed by atoms with E-state index >= 15 is 0 Å². The van der Waals surface area contributed by atoms with Crippen LogP contribution in [0.25, 0.3) is 11.0 Å². The standard InChI is InChI=1S/C17H24ClN3/c1-12-5-4-6-15-17(12)21(16(19-15)9-10-18)11-13(2)20(3)14-7-8-14/h4-6,13-14H,7-11H2,1-3H3. The Labute approximate surface area is 131 Å². The molecule has 1 aliphatic rings. The largest absolute Gasteiger partial charge is 0.326 e. The lowest BCUT2D eigenvalue weighted by molar-refractivity contribution is 0.226. The third-order valence-corrected chi connectivity index (χ3v) is 4.82. The lowest BCUT2D eigenvalue weighted by Gasteiger charge is -2.26. The summed E-state index contributed by atoms with van der Waals surface area (Å²) >= 11 is 5.97. The first kappa shape index (κ1) is 14.9. The van der Waals surface area contributed by atoms with Gasteiger partial charge in [0.15, 0.2) is 0 Å². The summed E-state index contributed by atoms with van der Waals surface area (Å²) in [5.74, 6) is 1.74. The van der Waals surface area contributed by atoms with Gasteiger partial charge in [-0.25, -0.2) is 4.98 Å². The Morgan fingerprint density at radius 1 is 1.43 bits per heavy atom. The second-order valence-electron chi connectivity index (χ2n) is 6.27. The van der Waals surface area contributed by atoms with Crippen molar-refractivity contribution in [1.82, 2.24) is 14.5 Å². The molecule has 1 unspecified atom stereocenters. The van der Waals surface area contributed by atoms with Gasteiger partial charge in [0.1, 0.15) is 5.82 Å². The maximum atomic E-state index is 5.97. The van der Waals surface area contributed by atoms with E-state index in [0.717, 1.165) is 30.3 Å².